The molecule has 2 aromatic rings. The van der Waals surface area contributed by atoms with E-state index in [9.17, 15) is 9.59 Å². The van der Waals surface area contributed by atoms with Gasteiger partial charge in [-0.15, -0.1) is 0 Å². The number of ether oxygens (including phenoxy) is 4. The number of nitrogens with zero attached hydrogens (tertiary/aromatic N) is 6. The van der Waals surface area contributed by atoms with Crippen molar-refractivity contribution in [1.29, 1.82) is 0 Å². The molecule has 0 saturated carbocycles. The van der Waals surface area contributed by atoms with E-state index in [1.807, 2.05) is 13.8 Å². The zero-order valence-electron chi connectivity index (χ0n) is 19.8. The maximum Gasteiger partial charge on any atom is 0.376 e. The van der Waals surface area contributed by atoms with E-state index in [1.54, 1.807) is 11.1 Å². The lowest BCUT2D eigenvalue weighted by Crippen LogP contribution is -2.56. The van der Waals surface area contributed by atoms with Crippen molar-refractivity contribution in [2.24, 2.45) is 0 Å². The van der Waals surface area contributed by atoms with Crippen LogP contribution in [0.3, 0.4) is 0 Å². The van der Waals surface area contributed by atoms with Gasteiger partial charge in [0, 0.05) is 19.2 Å². The van der Waals surface area contributed by atoms with Crippen LogP contribution in [0.2, 0.25) is 0 Å². The Morgan fingerprint density at radius 3 is 2.91 bits per heavy atom. The van der Waals surface area contributed by atoms with E-state index in [0.29, 0.717) is 30.5 Å². The predicted octanol–water partition coefficient (Wildman–Crippen LogP) is 1.60. The minimum atomic E-state index is -0.670. The van der Waals surface area contributed by atoms with Crippen LogP contribution in [0.4, 0.5) is 22.1 Å². The number of fused-ring (bicyclic) bond motifs is 4. The van der Waals surface area contributed by atoms with Gasteiger partial charge >= 0.3 is 12.0 Å². The van der Waals surface area contributed by atoms with Crippen LogP contribution < -0.4 is 19.9 Å². The quantitative estimate of drug-likeness (QED) is 0.617. The summed E-state index contributed by atoms with van der Waals surface area (Å²) in [6, 6.07) is 1.000. The molecule has 2 bridgehead atoms. The van der Waals surface area contributed by atoms with Gasteiger partial charge in [0.25, 0.3) is 0 Å². The fraction of sp³-hybridized carbons (Fsp3) is 0.545. The Kier molecular flexibility index (Phi) is 6.11. The number of anilines is 3. The summed E-state index contributed by atoms with van der Waals surface area (Å²) in [6.45, 7) is 5.84. The number of esters is 1. The molecule has 2 aromatic heterocycles. The third kappa shape index (κ3) is 4.82. The van der Waals surface area contributed by atoms with Gasteiger partial charge < -0.3 is 23.8 Å². The molecule has 2 atom stereocenters. The molecular weight excluding hydrogens is 458 g/mol. The SMILES string of the molecule is COC(=O)c1ncc2c(n1)N(C(=O)Nc1cc(OC[C@@H]3COC(C)(C)O3)ncn1)C1CCCN2C1. The van der Waals surface area contributed by atoms with Gasteiger partial charge in [0.15, 0.2) is 11.6 Å². The van der Waals surface area contributed by atoms with Crippen molar-refractivity contribution in [2.45, 2.75) is 44.6 Å². The summed E-state index contributed by atoms with van der Waals surface area (Å²) in [5, 5.41) is 2.80. The summed E-state index contributed by atoms with van der Waals surface area (Å²) in [5.74, 6) is -0.496. The summed E-state index contributed by atoms with van der Waals surface area (Å²) in [6.07, 6.45) is 4.37. The zero-order valence-corrected chi connectivity index (χ0v) is 19.8. The molecule has 1 N–H and O–H groups in total. The van der Waals surface area contributed by atoms with Gasteiger partial charge in [-0.1, -0.05) is 0 Å². The average Bonchev–Trinajstić information content (AvgIpc) is 3.21. The molecule has 2 fully saturated rings. The second-order valence-corrected chi connectivity index (χ2v) is 8.94. The first-order valence-corrected chi connectivity index (χ1v) is 11.4. The van der Waals surface area contributed by atoms with Crippen LogP contribution in [0.5, 0.6) is 5.88 Å². The normalized spacial score (nSPS) is 22.4. The lowest BCUT2D eigenvalue weighted by Gasteiger charge is -2.45. The fourth-order valence-corrected chi connectivity index (χ4v) is 4.46. The predicted molar refractivity (Wildman–Crippen MR) is 123 cm³/mol. The van der Waals surface area contributed by atoms with E-state index >= 15 is 0 Å². The van der Waals surface area contributed by atoms with E-state index in [1.165, 1.54) is 19.5 Å². The number of hydrogen-bond acceptors (Lipinski definition) is 11. The highest BCUT2D eigenvalue weighted by atomic mass is 16.7. The van der Waals surface area contributed by atoms with Crippen molar-refractivity contribution in [2.75, 3.05) is 48.5 Å². The van der Waals surface area contributed by atoms with Gasteiger partial charge in [0.05, 0.1) is 31.6 Å². The largest absolute Gasteiger partial charge is 0.475 e. The molecule has 13 nitrogen and oxygen atoms in total. The van der Waals surface area contributed by atoms with Crippen molar-refractivity contribution in [3.05, 3.63) is 24.4 Å². The summed E-state index contributed by atoms with van der Waals surface area (Å²) in [7, 11) is 1.26. The molecule has 35 heavy (non-hydrogen) atoms. The molecule has 0 aliphatic carbocycles. The molecule has 2 amide bonds. The first-order valence-electron chi connectivity index (χ1n) is 11.4. The molecular formula is C22H27N7O6. The Bertz CT molecular complexity index is 1130. The lowest BCUT2D eigenvalue weighted by atomic mass is 10.0. The highest BCUT2D eigenvalue weighted by molar-refractivity contribution is 6.04. The number of carbonyl (C=O) groups excluding carboxylic acids is 2. The minimum absolute atomic E-state index is 0.107. The number of methoxy groups -OCH3 is 1. The van der Waals surface area contributed by atoms with Gasteiger partial charge in [-0.05, 0) is 26.7 Å². The first kappa shape index (κ1) is 23.2. The number of rotatable bonds is 5. The zero-order chi connectivity index (χ0) is 24.6. The van der Waals surface area contributed by atoms with E-state index in [4.69, 9.17) is 18.9 Å². The Morgan fingerprint density at radius 1 is 1.29 bits per heavy atom. The first-order chi connectivity index (χ1) is 16.8. The monoisotopic (exact) mass is 485 g/mol. The molecule has 2 saturated heterocycles. The second-order valence-electron chi connectivity index (χ2n) is 8.94. The number of amides is 2. The van der Waals surface area contributed by atoms with Crippen LogP contribution in [0, 0.1) is 0 Å². The third-order valence-corrected chi connectivity index (χ3v) is 6.03. The minimum Gasteiger partial charge on any atom is -0.475 e. The summed E-state index contributed by atoms with van der Waals surface area (Å²) in [5.41, 5.74) is 0.692. The van der Waals surface area contributed by atoms with Crippen molar-refractivity contribution in [1.82, 2.24) is 19.9 Å². The average molecular weight is 486 g/mol. The standard InChI is InChI=1S/C22H27N7O6/c1-22(2)34-11-14(35-22)10-33-17-7-16(24-12-25-17)26-21(31)29-13-5-4-6-28(9-13)15-8-23-18(20(30)32-3)27-19(15)29/h7-8,12-14H,4-6,9-11H2,1-3H3,(H,24,25,26,31)/t13?,14-/m1/s1. The topological polar surface area (TPSA) is 141 Å². The van der Waals surface area contributed by atoms with Crippen LogP contribution in [-0.2, 0) is 14.2 Å². The third-order valence-electron chi connectivity index (χ3n) is 6.03. The van der Waals surface area contributed by atoms with Gasteiger partial charge in [0.2, 0.25) is 11.7 Å². The Hall–Kier alpha value is -3.58. The van der Waals surface area contributed by atoms with Crippen LogP contribution >= 0.6 is 0 Å². The number of piperidine rings is 1. The lowest BCUT2D eigenvalue weighted by molar-refractivity contribution is -0.141. The van der Waals surface area contributed by atoms with Crippen molar-refractivity contribution < 1.29 is 28.5 Å². The molecule has 5 rings (SSSR count). The number of urea groups is 1. The molecule has 0 radical (unpaired) electrons. The van der Waals surface area contributed by atoms with Crippen LogP contribution in [-0.4, -0.2) is 83.3 Å². The summed E-state index contributed by atoms with van der Waals surface area (Å²) in [4.78, 5) is 45.9. The van der Waals surface area contributed by atoms with Gasteiger partial charge in [-0.25, -0.2) is 29.5 Å². The van der Waals surface area contributed by atoms with Crippen molar-refractivity contribution in [3.8, 4) is 5.88 Å². The second kappa shape index (κ2) is 9.23. The molecule has 3 aliphatic rings. The van der Waals surface area contributed by atoms with E-state index in [-0.39, 0.29) is 30.4 Å². The summed E-state index contributed by atoms with van der Waals surface area (Å²) < 4.78 is 21.8. The summed E-state index contributed by atoms with van der Waals surface area (Å²) >= 11 is 0. The molecule has 186 valence electrons. The van der Waals surface area contributed by atoms with Crippen LogP contribution in [0.15, 0.2) is 18.6 Å². The molecule has 13 heteroatoms. The maximum absolute atomic E-state index is 13.4. The number of nitrogens with one attached hydrogen (secondary N) is 1. The van der Waals surface area contributed by atoms with Crippen molar-refractivity contribution >= 4 is 29.3 Å². The smallest absolute Gasteiger partial charge is 0.376 e. The van der Waals surface area contributed by atoms with E-state index in [0.717, 1.165) is 19.4 Å². The molecule has 1 unspecified atom stereocenters. The maximum atomic E-state index is 13.4. The number of hydrogen-bond donors (Lipinski definition) is 1. The van der Waals surface area contributed by atoms with Gasteiger partial charge in [-0.3, -0.25) is 10.2 Å². The molecule has 0 spiro atoms. The highest BCUT2D eigenvalue weighted by Crippen LogP contribution is 2.37. The molecule has 5 heterocycles. The van der Waals surface area contributed by atoms with Gasteiger partial charge in [-0.2, -0.15) is 0 Å². The van der Waals surface area contributed by atoms with Crippen LogP contribution in [0.1, 0.15) is 37.3 Å². The van der Waals surface area contributed by atoms with Crippen LogP contribution in [0.25, 0.3) is 0 Å². The molecule has 3 aliphatic heterocycles. The number of carbonyl (C=O) groups is 2. The van der Waals surface area contributed by atoms with Crippen molar-refractivity contribution in [3.63, 3.8) is 0 Å². The molecule has 0 aromatic carbocycles. The highest BCUT2D eigenvalue weighted by Gasteiger charge is 2.39. The van der Waals surface area contributed by atoms with E-state index in [2.05, 4.69) is 30.2 Å². The Labute approximate surface area is 201 Å². The number of aromatic nitrogens is 4. The Balaban J connectivity index is 1.33. The van der Waals surface area contributed by atoms with E-state index < -0.39 is 17.8 Å². The fourth-order valence-electron chi connectivity index (χ4n) is 4.46. The van der Waals surface area contributed by atoms with Gasteiger partial charge in [0.1, 0.15) is 24.9 Å². The Morgan fingerprint density at radius 2 is 2.14 bits per heavy atom.